The first-order valence-electron chi connectivity index (χ1n) is 3.24. The summed E-state index contributed by atoms with van der Waals surface area (Å²) in [6.07, 6.45) is 0.0379. The molecule has 3 nitrogen and oxygen atoms in total. The van der Waals surface area contributed by atoms with E-state index in [2.05, 4.69) is 4.98 Å². The molecule has 0 bridgehead atoms. The molecule has 1 aromatic rings. The predicted octanol–water partition coefficient (Wildman–Crippen LogP) is 1.39. The lowest BCUT2D eigenvalue weighted by Gasteiger charge is -1.89. The summed E-state index contributed by atoms with van der Waals surface area (Å²) >= 11 is 1.54. The molecule has 0 amide bonds. The molecule has 1 aromatic heterocycles. The Labute approximate surface area is 68.7 Å². The second kappa shape index (κ2) is 3.00. The zero-order valence-electron chi connectivity index (χ0n) is 6.42. The minimum atomic E-state index is -0.821. The van der Waals surface area contributed by atoms with Crippen LogP contribution in [0.1, 0.15) is 15.6 Å². The standard InChI is InChI=1S/C7H9NO2S/c1-4-6(3-7(9)10)8-5(2)11-4/h3H2,1-2H3,(H,9,10). The normalized spacial score (nSPS) is 10.0. The highest BCUT2D eigenvalue weighted by molar-refractivity contribution is 7.11. The maximum absolute atomic E-state index is 10.3. The van der Waals surface area contributed by atoms with Crippen LogP contribution in [0.25, 0.3) is 0 Å². The Morgan fingerprint density at radius 1 is 1.64 bits per heavy atom. The summed E-state index contributed by atoms with van der Waals surface area (Å²) in [5.74, 6) is -0.821. The van der Waals surface area contributed by atoms with E-state index in [9.17, 15) is 4.79 Å². The van der Waals surface area contributed by atoms with Crippen molar-refractivity contribution in [2.75, 3.05) is 0 Å². The fourth-order valence-corrected chi connectivity index (χ4v) is 1.71. The number of aryl methyl sites for hydroxylation is 2. The van der Waals surface area contributed by atoms with Crippen LogP contribution in [-0.4, -0.2) is 16.1 Å². The molecule has 0 spiro atoms. The zero-order chi connectivity index (χ0) is 8.43. The SMILES string of the molecule is Cc1nc(CC(=O)O)c(C)s1. The smallest absolute Gasteiger partial charge is 0.309 e. The van der Waals surface area contributed by atoms with E-state index < -0.39 is 5.97 Å². The number of hydrogen-bond acceptors (Lipinski definition) is 3. The third kappa shape index (κ3) is 2.01. The molecule has 0 fully saturated rings. The minimum Gasteiger partial charge on any atom is -0.481 e. The van der Waals surface area contributed by atoms with Gasteiger partial charge in [-0.3, -0.25) is 4.79 Å². The Morgan fingerprint density at radius 3 is 2.64 bits per heavy atom. The van der Waals surface area contributed by atoms with Gasteiger partial charge in [-0.25, -0.2) is 4.98 Å². The largest absolute Gasteiger partial charge is 0.481 e. The van der Waals surface area contributed by atoms with E-state index in [-0.39, 0.29) is 6.42 Å². The maximum atomic E-state index is 10.3. The highest BCUT2D eigenvalue weighted by atomic mass is 32.1. The fraction of sp³-hybridized carbons (Fsp3) is 0.429. The molecule has 60 valence electrons. The Hall–Kier alpha value is -0.900. The van der Waals surface area contributed by atoms with Gasteiger partial charge in [0.2, 0.25) is 0 Å². The Morgan fingerprint density at radius 2 is 2.27 bits per heavy atom. The van der Waals surface area contributed by atoms with Gasteiger partial charge in [0.1, 0.15) is 0 Å². The lowest BCUT2D eigenvalue weighted by Crippen LogP contribution is -2.01. The molecular weight excluding hydrogens is 162 g/mol. The molecule has 11 heavy (non-hydrogen) atoms. The number of aromatic nitrogens is 1. The summed E-state index contributed by atoms with van der Waals surface area (Å²) in [4.78, 5) is 15.4. The lowest BCUT2D eigenvalue weighted by molar-refractivity contribution is -0.136. The van der Waals surface area contributed by atoms with E-state index in [1.807, 2.05) is 13.8 Å². The van der Waals surface area contributed by atoms with E-state index in [0.29, 0.717) is 5.69 Å². The summed E-state index contributed by atoms with van der Waals surface area (Å²) in [6.45, 7) is 3.77. The predicted molar refractivity (Wildman–Crippen MR) is 42.9 cm³/mol. The van der Waals surface area contributed by atoms with Crippen molar-refractivity contribution in [2.24, 2.45) is 0 Å². The lowest BCUT2D eigenvalue weighted by atomic mass is 10.3. The van der Waals surface area contributed by atoms with Crippen LogP contribution in [0.3, 0.4) is 0 Å². The van der Waals surface area contributed by atoms with E-state index in [0.717, 1.165) is 9.88 Å². The average Bonchev–Trinajstić information content (AvgIpc) is 2.09. The van der Waals surface area contributed by atoms with Crippen molar-refractivity contribution in [3.63, 3.8) is 0 Å². The van der Waals surface area contributed by atoms with Crippen molar-refractivity contribution in [1.29, 1.82) is 0 Å². The molecule has 0 aliphatic heterocycles. The number of carboxylic acid groups (broad SMARTS) is 1. The molecule has 0 aliphatic carbocycles. The van der Waals surface area contributed by atoms with Crippen molar-refractivity contribution in [3.05, 3.63) is 15.6 Å². The number of nitrogens with zero attached hydrogens (tertiary/aromatic N) is 1. The van der Waals surface area contributed by atoms with Gasteiger partial charge >= 0.3 is 5.97 Å². The second-order valence-corrected chi connectivity index (χ2v) is 3.71. The van der Waals surface area contributed by atoms with Crippen LogP contribution in [0.5, 0.6) is 0 Å². The van der Waals surface area contributed by atoms with Gasteiger partial charge in [0.15, 0.2) is 0 Å². The topological polar surface area (TPSA) is 50.2 Å². The van der Waals surface area contributed by atoms with Gasteiger partial charge in [-0.1, -0.05) is 0 Å². The fourth-order valence-electron chi connectivity index (χ4n) is 0.879. The molecule has 1 N–H and O–H groups in total. The van der Waals surface area contributed by atoms with Crippen LogP contribution in [-0.2, 0) is 11.2 Å². The molecule has 0 radical (unpaired) electrons. The molecule has 0 saturated heterocycles. The number of rotatable bonds is 2. The second-order valence-electron chi connectivity index (χ2n) is 2.31. The molecule has 0 atom stereocenters. The summed E-state index contributed by atoms with van der Waals surface area (Å²) in [6, 6.07) is 0. The van der Waals surface area contributed by atoms with Crippen LogP contribution in [0, 0.1) is 13.8 Å². The summed E-state index contributed by atoms with van der Waals surface area (Å²) in [7, 11) is 0. The molecule has 0 unspecified atom stereocenters. The summed E-state index contributed by atoms with van der Waals surface area (Å²) in [5, 5.41) is 9.39. The molecule has 1 rings (SSSR count). The van der Waals surface area contributed by atoms with Crippen molar-refractivity contribution in [3.8, 4) is 0 Å². The number of aliphatic carboxylic acids is 1. The van der Waals surface area contributed by atoms with Gasteiger partial charge in [0, 0.05) is 4.88 Å². The van der Waals surface area contributed by atoms with E-state index >= 15 is 0 Å². The van der Waals surface area contributed by atoms with Crippen molar-refractivity contribution >= 4 is 17.3 Å². The summed E-state index contributed by atoms with van der Waals surface area (Å²) < 4.78 is 0. The summed E-state index contributed by atoms with van der Waals surface area (Å²) in [5.41, 5.74) is 0.694. The van der Waals surface area contributed by atoms with E-state index in [1.165, 1.54) is 11.3 Å². The van der Waals surface area contributed by atoms with Crippen LogP contribution in [0.2, 0.25) is 0 Å². The van der Waals surface area contributed by atoms with Gasteiger partial charge < -0.3 is 5.11 Å². The first-order valence-corrected chi connectivity index (χ1v) is 4.06. The zero-order valence-corrected chi connectivity index (χ0v) is 7.23. The molecule has 0 aliphatic rings. The molecule has 0 aromatic carbocycles. The Kier molecular flexibility index (Phi) is 2.24. The third-order valence-electron chi connectivity index (χ3n) is 1.32. The first-order chi connectivity index (χ1) is 5.09. The number of hydrogen-bond donors (Lipinski definition) is 1. The minimum absolute atomic E-state index is 0.0379. The van der Waals surface area contributed by atoms with Gasteiger partial charge in [-0.2, -0.15) is 0 Å². The number of carboxylic acids is 1. The third-order valence-corrected chi connectivity index (χ3v) is 2.25. The average molecular weight is 171 g/mol. The number of thiazole rings is 1. The van der Waals surface area contributed by atoms with Crippen molar-refractivity contribution in [2.45, 2.75) is 20.3 Å². The highest BCUT2D eigenvalue weighted by Crippen LogP contribution is 2.16. The van der Waals surface area contributed by atoms with Gasteiger partial charge in [0.05, 0.1) is 17.1 Å². The van der Waals surface area contributed by atoms with Crippen molar-refractivity contribution < 1.29 is 9.90 Å². The van der Waals surface area contributed by atoms with Gasteiger partial charge in [0.25, 0.3) is 0 Å². The van der Waals surface area contributed by atoms with Gasteiger partial charge in [-0.05, 0) is 13.8 Å². The highest BCUT2D eigenvalue weighted by Gasteiger charge is 2.07. The molecule has 4 heteroatoms. The van der Waals surface area contributed by atoms with Crippen LogP contribution in [0.4, 0.5) is 0 Å². The maximum Gasteiger partial charge on any atom is 0.309 e. The Balaban J connectivity index is 2.85. The van der Waals surface area contributed by atoms with E-state index in [1.54, 1.807) is 0 Å². The monoisotopic (exact) mass is 171 g/mol. The Bertz CT molecular complexity index is 280. The molecule has 0 saturated carbocycles. The van der Waals surface area contributed by atoms with Crippen LogP contribution in [0.15, 0.2) is 0 Å². The molecule has 1 heterocycles. The van der Waals surface area contributed by atoms with E-state index in [4.69, 9.17) is 5.11 Å². The molecular formula is C7H9NO2S. The first kappa shape index (κ1) is 8.20. The van der Waals surface area contributed by atoms with Crippen LogP contribution >= 0.6 is 11.3 Å². The number of carbonyl (C=O) groups is 1. The quantitative estimate of drug-likeness (QED) is 0.731. The van der Waals surface area contributed by atoms with Crippen LogP contribution < -0.4 is 0 Å². The van der Waals surface area contributed by atoms with Crippen molar-refractivity contribution in [1.82, 2.24) is 4.98 Å². The van der Waals surface area contributed by atoms with Gasteiger partial charge in [-0.15, -0.1) is 11.3 Å².